The van der Waals surface area contributed by atoms with Gasteiger partial charge in [-0.25, -0.2) is 8.78 Å². The van der Waals surface area contributed by atoms with Crippen molar-refractivity contribution in [2.75, 3.05) is 7.05 Å². The van der Waals surface area contributed by atoms with Crippen LogP contribution in [0.15, 0.2) is 28.7 Å². The van der Waals surface area contributed by atoms with Crippen LogP contribution in [0.4, 0.5) is 8.78 Å². The molecule has 0 radical (unpaired) electrons. The number of nitrogens with one attached hydrogen (secondary N) is 1. The zero-order valence-electron chi connectivity index (χ0n) is 10.8. The zero-order chi connectivity index (χ0) is 13.8. The summed E-state index contributed by atoms with van der Waals surface area (Å²) in [6, 6.07) is 4.91. The van der Waals surface area contributed by atoms with Crippen molar-refractivity contribution >= 4 is 0 Å². The number of ether oxygens (including phenoxy) is 1. The molecule has 0 spiro atoms. The molecular weight excluding hydrogens is 252 g/mol. The maximum Gasteiger partial charge on any atom is 0.146 e. The molecule has 2 rings (SSSR count). The molecule has 102 valence electrons. The fraction of sp³-hybridized carbons (Fsp3) is 0.286. The fourth-order valence-electron chi connectivity index (χ4n) is 1.76. The summed E-state index contributed by atoms with van der Waals surface area (Å²) in [5, 5.41) is 2.99. The van der Waals surface area contributed by atoms with Crippen LogP contribution in [0.2, 0.25) is 0 Å². The Morgan fingerprint density at radius 2 is 1.84 bits per heavy atom. The number of halogens is 2. The first kappa shape index (κ1) is 13.5. The van der Waals surface area contributed by atoms with Crippen molar-refractivity contribution in [3.63, 3.8) is 0 Å². The maximum atomic E-state index is 13.0. The number of aryl methyl sites for hydroxylation is 1. The van der Waals surface area contributed by atoms with Crippen molar-refractivity contribution in [3.8, 4) is 5.75 Å². The highest BCUT2D eigenvalue weighted by molar-refractivity contribution is 5.25. The molecular formula is C14H15F2NO2. The lowest BCUT2D eigenvalue weighted by Gasteiger charge is -2.04. The first-order valence-corrected chi connectivity index (χ1v) is 5.90. The smallest absolute Gasteiger partial charge is 0.146 e. The van der Waals surface area contributed by atoms with Crippen LogP contribution >= 0.6 is 0 Å². The molecule has 0 aliphatic heterocycles. The van der Waals surface area contributed by atoms with Gasteiger partial charge in [-0.05, 0) is 25.6 Å². The fourth-order valence-corrected chi connectivity index (χ4v) is 1.76. The van der Waals surface area contributed by atoms with Crippen LogP contribution in [0.5, 0.6) is 5.75 Å². The molecule has 0 saturated heterocycles. The Labute approximate surface area is 110 Å². The molecule has 0 aliphatic rings. The number of hydrogen-bond acceptors (Lipinski definition) is 3. The summed E-state index contributed by atoms with van der Waals surface area (Å²) < 4.78 is 36.8. The molecule has 19 heavy (non-hydrogen) atoms. The maximum absolute atomic E-state index is 13.0. The molecule has 1 N–H and O–H groups in total. The molecule has 0 amide bonds. The summed E-state index contributed by atoms with van der Waals surface area (Å²) in [6.07, 6.45) is 0. The predicted octanol–water partition coefficient (Wildman–Crippen LogP) is 3.16. The van der Waals surface area contributed by atoms with E-state index >= 15 is 0 Å². The zero-order valence-corrected chi connectivity index (χ0v) is 10.8. The van der Waals surface area contributed by atoms with Gasteiger partial charge >= 0.3 is 0 Å². The number of furan rings is 1. The Bertz CT molecular complexity index is 546. The van der Waals surface area contributed by atoms with E-state index in [2.05, 4.69) is 5.32 Å². The topological polar surface area (TPSA) is 34.4 Å². The summed E-state index contributed by atoms with van der Waals surface area (Å²) in [4.78, 5) is 0. The lowest BCUT2D eigenvalue weighted by atomic mass is 10.2. The monoisotopic (exact) mass is 267 g/mol. The summed E-state index contributed by atoms with van der Waals surface area (Å²) in [5.74, 6) is 0.253. The molecule has 0 unspecified atom stereocenters. The van der Waals surface area contributed by atoms with E-state index < -0.39 is 11.6 Å². The molecule has 0 atom stereocenters. The third-order valence-corrected chi connectivity index (χ3v) is 2.63. The molecule has 1 aromatic heterocycles. The van der Waals surface area contributed by atoms with Crippen molar-refractivity contribution < 1.29 is 17.9 Å². The average molecular weight is 267 g/mol. The summed E-state index contributed by atoms with van der Waals surface area (Å²) in [5.41, 5.74) is 1.01. The van der Waals surface area contributed by atoms with Crippen LogP contribution < -0.4 is 10.1 Å². The molecule has 1 aromatic carbocycles. The van der Waals surface area contributed by atoms with Crippen molar-refractivity contribution in [1.82, 2.24) is 5.32 Å². The van der Waals surface area contributed by atoms with Gasteiger partial charge in [0.05, 0.1) is 6.54 Å². The van der Waals surface area contributed by atoms with Gasteiger partial charge in [0.15, 0.2) is 0 Å². The number of rotatable bonds is 5. The first-order valence-electron chi connectivity index (χ1n) is 5.90. The highest BCUT2D eigenvalue weighted by Crippen LogP contribution is 2.19. The lowest BCUT2D eigenvalue weighted by Crippen LogP contribution is -2.04. The highest BCUT2D eigenvalue weighted by Gasteiger charge is 2.08. The van der Waals surface area contributed by atoms with Gasteiger partial charge in [0.1, 0.15) is 35.5 Å². The summed E-state index contributed by atoms with van der Waals surface area (Å²) >= 11 is 0. The minimum Gasteiger partial charge on any atom is -0.485 e. The van der Waals surface area contributed by atoms with Crippen LogP contribution in [0.25, 0.3) is 0 Å². The van der Waals surface area contributed by atoms with Crippen molar-refractivity contribution in [1.29, 1.82) is 0 Å². The van der Waals surface area contributed by atoms with Crippen LogP contribution in [0.3, 0.4) is 0 Å². The Morgan fingerprint density at radius 3 is 2.47 bits per heavy atom. The van der Waals surface area contributed by atoms with Gasteiger partial charge < -0.3 is 14.5 Å². The van der Waals surface area contributed by atoms with E-state index in [0.717, 1.165) is 29.5 Å². The van der Waals surface area contributed by atoms with E-state index in [1.807, 2.05) is 20.0 Å². The standard InChI is InChI=1S/C14H15F2NO2/c1-9-3-13(19-14(9)7-17-2)8-18-12-5-10(15)4-11(16)6-12/h3-6,17H,7-8H2,1-2H3. The molecule has 5 heteroatoms. The minimum absolute atomic E-state index is 0.132. The average Bonchev–Trinajstić information content (AvgIpc) is 2.67. The van der Waals surface area contributed by atoms with Gasteiger partial charge in [-0.15, -0.1) is 0 Å². The Balaban J connectivity index is 2.03. The van der Waals surface area contributed by atoms with Gasteiger partial charge in [-0.3, -0.25) is 0 Å². The Kier molecular flexibility index (Phi) is 4.16. The quantitative estimate of drug-likeness (QED) is 0.903. The second-order valence-electron chi connectivity index (χ2n) is 4.24. The van der Waals surface area contributed by atoms with E-state index in [1.165, 1.54) is 0 Å². The van der Waals surface area contributed by atoms with Gasteiger partial charge in [0.2, 0.25) is 0 Å². The van der Waals surface area contributed by atoms with Crippen molar-refractivity contribution in [2.24, 2.45) is 0 Å². The normalized spacial score (nSPS) is 10.7. The van der Waals surface area contributed by atoms with E-state index in [4.69, 9.17) is 9.15 Å². The second-order valence-corrected chi connectivity index (χ2v) is 4.24. The van der Waals surface area contributed by atoms with Gasteiger partial charge in [0, 0.05) is 18.2 Å². The Morgan fingerprint density at radius 1 is 1.16 bits per heavy atom. The van der Waals surface area contributed by atoms with Gasteiger partial charge in [-0.2, -0.15) is 0 Å². The van der Waals surface area contributed by atoms with Crippen molar-refractivity contribution in [3.05, 3.63) is 53.0 Å². The Hall–Kier alpha value is -1.88. The molecule has 3 nitrogen and oxygen atoms in total. The van der Waals surface area contributed by atoms with Crippen LogP contribution in [0.1, 0.15) is 17.1 Å². The lowest BCUT2D eigenvalue weighted by molar-refractivity contribution is 0.263. The van der Waals surface area contributed by atoms with Gasteiger partial charge in [-0.1, -0.05) is 0 Å². The predicted molar refractivity (Wildman–Crippen MR) is 66.9 cm³/mol. The molecule has 2 aromatic rings. The number of benzene rings is 1. The van der Waals surface area contributed by atoms with Crippen LogP contribution in [-0.2, 0) is 13.2 Å². The van der Waals surface area contributed by atoms with E-state index in [0.29, 0.717) is 12.3 Å². The molecule has 0 fully saturated rings. The largest absolute Gasteiger partial charge is 0.485 e. The van der Waals surface area contributed by atoms with Crippen LogP contribution in [-0.4, -0.2) is 7.05 Å². The van der Waals surface area contributed by atoms with Crippen molar-refractivity contribution in [2.45, 2.75) is 20.1 Å². The molecule has 0 saturated carbocycles. The van der Waals surface area contributed by atoms with E-state index in [-0.39, 0.29) is 12.4 Å². The van der Waals surface area contributed by atoms with Crippen LogP contribution in [0, 0.1) is 18.6 Å². The van der Waals surface area contributed by atoms with E-state index in [1.54, 1.807) is 0 Å². The number of hydrogen-bond donors (Lipinski definition) is 1. The minimum atomic E-state index is -0.665. The van der Waals surface area contributed by atoms with E-state index in [9.17, 15) is 8.78 Å². The SMILES string of the molecule is CNCc1oc(COc2cc(F)cc(F)c2)cc1C. The highest BCUT2D eigenvalue weighted by atomic mass is 19.1. The summed E-state index contributed by atoms with van der Waals surface area (Å²) in [7, 11) is 1.83. The first-order chi connectivity index (χ1) is 9.08. The molecule has 0 bridgehead atoms. The second kappa shape index (κ2) is 5.84. The summed E-state index contributed by atoms with van der Waals surface area (Å²) in [6.45, 7) is 2.69. The third-order valence-electron chi connectivity index (χ3n) is 2.63. The molecule has 1 heterocycles. The molecule has 0 aliphatic carbocycles. The van der Waals surface area contributed by atoms with Gasteiger partial charge in [0.25, 0.3) is 0 Å². The third kappa shape index (κ3) is 3.54.